The van der Waals surface area contributed by atoms with Crippen LogP contribution in [0.5, 0.6) is 0 Å². The van der Waals surface area contributed by atoms with Gasteiger partial charge in [-0.25, -0.2) is 8.42 Å². The van der Waals surface area contributed by atoms with Crippen LogP contribution in [0.2, 0.25) is 0 Å². The molecule has 1 heterocycles. The summed E-state index contributed by atoms with van der Waals surface area (Å²) in [4.78, 5) is 10.8. The lowest BCUT2D eigenvalue weighted by molar-refractivity contribution is -0.932. The van der Waals surface area contributed by atoms with E-state index in [0.29, 0.717) is 26.1 Å². The lowest BCUT2D eigenvalue weighted by atomic mass is 10.1. The molecule has 0 unspecified atom stereocenters. The highest BCUT2D eigenvalue weighted by Gasteiger charge is 2.29. The lowest BCUT2D eigenvalue weighted by Crippen LogP contribution is -2.54. The second-order valence-electron chi connectivity index (χ2n) is 5.25. The summed E-state index contributed by atoms with van der Waals surface area (Å²) in [6.07, 6.45) is 3.77. The Morgan fingerprint density at radius 3 is 2.37 bits per heavy atom. The second kappa shape index (κ2) is 7.21. The number of ether oxygens (including phenoxy) is 1. The highest BCUT2D eigenvalue weighted by atomic mass is 32.2. The Morgan fingerprint density at radius 1 is 1.21 bits per heavy atom. The minimum absolute atomic E-state index is 0.294. The van der Waals surface area contributed by atoms with E-state index in [-0.39, 0.29) is 11.7 Å². The molecule has 0 radical (unpaired) electrons. The number of piperidine rings is 1. The molecule has 0 amide bonds. The average molecular weight is 293 g/mol. The quantitative estimate of drug-likeness (QED) is 0.387. The maximum absolute atomic E-state index is 10.8. The summed E-state index contributed by atoms with van der Waals surface area (Å²) in [5, 5.41) is 0. The first-order valence-electron chi connectivity index (χ1n) is 6.75. The summed E-state index contributed by atoms with van der Waals surface area (Å²) in [5.74, 6) is -0.599. The van der Waals surface area contributed by atoms with Crippen molar-refractivity contribution in [2.45, 2.75) is 32.6 Å². The number of carbonyl (C=O) groups excluding carboxylic acids is 1. The maximum Gasteiger partial charge on any atom is 0.302 e. The molecular weight excluding hydrogens is 270 g/mol. The zero-order valence-electron chi connectivity index (χ0n) is 11.5. The van der Waals surface area contributed by atoms with Gasteiger partial charge in [0.1, 0.15) is 13.2 Å². The van der Waals surface area contributed by atoms with E-state index < -0.39 is 10.1 Å². The van der Waals surface area contributed by atoms with E-state index in [9.17, 15) is 17.8 Å². The summed E-state index contributed by atoms with van der Waals surface area (Å²) in [7, 11) is -4.13. The van der Waals surface area contributed by atoms with Crippen molar-refractivity contribution in [1.29, 1.82) is 0 Å². The lowest BCUT2D eigenvalue weighted by Gasteiger charge is -2.41. The van der Waals surface area contributed by atoms with E-state index in [1.807, 2.05) is 0 Å². The standard InChI is InChI=1S/C12H23NO5S/c1-12(14)18-10-9-13(6-3-2-4-7-13)8-5-11-19(15,16)17/h2-11H2,1H3. The number of likely N-dealkylation sites (tertiary alicyclic amines) is 1. The molecule has 0 aromatic heterocycles. The maximum atomic E-state index is 10.8. The smallest absolute Gasteiger partial charge is 0.302 e. The molecule has 0 spiro atoms. The van der Waals surface area contributed by atoms with Gasteiger partial charge in [0.15, 0.2) is 0 Å². The number of esters is 1. The molecule has 0 aromatic carbocycles. The Hall–Kier alpha value is -0.660. The molecule has 19 heavy (non-hydrogen) atoms. The summed E-state index contributed by atoms with van der Waals surface area (Å²) in [6, 6.07) is 0. The van der Waals surface area contributed by atoms with Crippen LogP contribution in [0.3, 0.4) is 0 Å². The molecule has 0 bridgehead atoms. The number of quaternary nitrogens is 1. The molecule has 0 saturated carbocycles. The number of hydrogen-bond donors (Lipinski definition) is 0. The van der Waals surface area contributed by atoms with E-state index in [0.717, 1.165) is 30.4 Å². The molecule has 1 aliphatic rings. The largest absolute Gasteiger partial charge is 0.748 e. The predicted molar refractivity (Wildman–Crippen MR) is 69.4 cm³/mol. The normalized spacial score (nSPS) is 19.1. The number of rotatable bonds is 7. The molecule has 1 fully saturated rings. The summed E-state index contributed by atoms with van der Waals surface area (Å²) < 4.78 is 37.7. The van der Waals surface area contributed by atoms with Crippen molar-refractivity contribution in [1.82, 2.24) is 0 Å². The summed E-state index contributed by atoms with van der Waals surface area (Å²) >= 11 is 0. The predicted octanol–water partition coefficient (Wildman–Crippen LogP) is 0.485. The zero-order chi connectivity index (χ0) is 14.4. The second-order valence-corrected chi connectivity index (χ2v) is 6.78. The van der Waals surface area contributed by atoms with Crippen molar-refractivity contribution in [3.63, 3.8) is 0 Å². The summed E-state index contributed by atoms with van der Waals surface area (Å²) in [6.45, 7) is 5.06. The van der Waals surface area contributed by atoms with Crippen LogP contribution < -0.4 is 0 Å². The zero-order valence-corrected chi connectivity index (χ0v) is 12.3. The Kier molecular flexibility index (Phi) is 6.22. The number of carbonyl (C=O) groups is 1. The van der Waals surface area contributed by atoms with Gasteiger partial charge in [-0.1, -0.05) is 0 Å². The van der Waals surface area contributed by atoms with Crippen LogP contribution in [0.25, 0.3) is 0 Å². The first kappa shape index (κ1) is 16.4. The van der Waals surface area contributed by atoms with Gasteiger partial charge in [0.25, 0.3) is 0 Å². The van der Waals surface area contributed by atoms with Crippen molar-refractivity contribution in [3.8, 4) is 0 Å². The van der Waals surface area contributed by atoms with Crippen molar-refractivity contribution >= 4 is 16.1 Å². The molecular formula is C12H23NO5S. The molecule has 0 aliphatic carbocycles. The highest BCUT2D eigenvalue weighted by molar-refractivity contribution is 7.85. The molecule has 1 aliphatic heterocycles. The third-order valence-electron chi connectivity index (χ3n) is 3.66. The van der Waals surface area contributed by atoms with Gasteiger partial charge in [-0.2, -0.15) is 0 Å². The van der Waals surface area contributed by atoms with Gasteiger partial charge in [-0.15, -0.1) is 0 Å². The number of hydrogen-bond acceptors (Lipinski definition) is 5. The Bertz CT molecular complexity index is 387. The molecule has 7 heteroatoms. The van der Waals surface area contributed by atoms with Gasteiger partial charge in [0.2, 0.25) is 0 Å². The van der Waals surface area contributed by atoms with E-state index in [2.05, 4.69) is 0 Å². The van der Waals surface area contributed by atoms with Gasteiger partial charge >= 0.3 is 5.97 Å². The van der Waals surface area contributed by atoms with Crippen molar-refractivity contribution in [2.75, 3.05) is 38.5 Å². The van der Waals surface area contributed by atoms with E-state index >= 15 is 0 Å². The van der Waals surface area contributed by atoms with Gasteiger partial charge in [0, 0.05) is 19.1 Å². The van der Waals surface area contributed by atoms with E-state index in [1.165, 1.54) is 13.3 Å². The van der Waals surface area contributed by atoms with Crippen LogP contribution in [-0.4, -0.2) is 62.0 Å². The van der Waals surface area contributed by atoms with Crippen LogP contribution in [-0.2, 0) is 19.6 Å². The molecule has 1 saturated heterocycles. The van der Waals surface area contributed by atoms with Crippen LogP contribution in [0, 0.1) is 0 Å². The fraction of sp³-hybridized carbons (Fsp3) is 0.917. The van der Waals surface area contributed by atoms with Crippen molar-refractivity contribution in [3.05, 3.63) is 0 Å². The van der Waals surface area contributed by atoms with Crippen molar-refractivity contribution in [2.24, 2.45) is 0 Å². The molecule has 6 nitrogen and oxygen atoms in total. The minimum atomic E-state index is -4.13. The summed E-state index contributed by atoms with van der Waals surface area (Å²) in [5.41, 5.74) is 0. The van der Waals surface area contributed by atoms with Gasteiger partial charge in [0.05, 0.1) is 29.8 Å². The molecule has 0 atom stereocenters. The van der Waals surface area contributed by atoms with Crippen molar-refractivity contribution < 1.29 is 27.0 Å². The van der Waals surface area contributed by atoms with Gasteiger partial charge in [-0.3, -0.25) is 4.79 Å². The number of nitrogens with zero attached hydrogens (tertiary/aromatic N) is 1. The van der Waals surface area contributed by atoms with Crippen LogP contribution in [0.15, 0.2) is 0 Å². The first-order valence-corrected chi connectivity index (χ1v) is 8.33. The molecule has 112 valence electrons. The SMILES string of the molecule is CC(=O)OCC[N+]1(CCCS(=O)(=O)[O-])CCCCC1. The molecule has 0 N–H and O–H groups in total. The molecule has 1 rings (SSSR count). The average Bonchev–Trinajstić information content (AvgIpc) is 2.28. The van der Waals surface area contributed by atoms with Crippen LogP contribution in [0.1, 0.15) is 32.6 Å². The Labute approximate surface area is 115 Å². The van der Waals surface area contributed by atoms with Gasteiger partial charge in [-0.05, 0) is 19.3 Å². The van der Waals surface area contributed by atoms with Crippen LogP contribution in [0.4, 0.5) is 0 Å². The first-order chi connectivity index (χ1) is 8.83. The minimum Gasteiger partial charge on any atom is -0.748 e. The van der Waals surface area contributed by atoms with E-state index in [4.69, 9.17) is 4.74 Å². The Balaban J connectivity index is 2.47. The van der Waals surface area contributed by atoms with Gasteiger partial charge < -0.3 is 13.8 Å². The van der Waals surface area contributed by atoms with Crippen LogP contribution >= 0.6 is 0 Å². The Morgan fingerprint density at radius 2 is 1.84 bits per heavy atom. The molecule has 0 aromatic rings. The topological polar surface area (TPSA) is 83.5 Å². The monoisotopic (exact) mass is 293 g/mol. The fourth-order valence-electron chi connectivity index (χ4n) is 2.70. The third kappa shape index (κ3) is 6.89. The van der Waals surface area contributed by atoms with E-state index in [1.54, 1.807) is 0 Å². The highest BCUT2D eigenvalue weighted by Crippen LogP contribution is 2.19. The third-order valence-corrected chi connectivity index (χ3v) is 4.45. The fourth-order valence-corrected chi connectivity index (χ4v) is 3.18.